The molecule has 1 unspecified atom stereocenters. The SMILES string of the molecule is C=CCCCC(C=C)CCC(=O)c1ccccn1. The van der Waals surface area contributed by atoms with Gasteiger partial charge in [0.15, 0.2) is 5.78 Å². The van der Waals surface area contributed by atoms with Crippen molar-refractivity contribution in [2.45, 2.75) is 32.1 Å². The summed E-state index contributed by atoms with van der Waals surface area (Å²) in [6, 6.07) is 5.43. The van der Waals surface area contributed by atoms with Crippen molar-refractivity contribution in [1.29, 1.82) is 0 Å². The van der Waals surface area contributed by atoms with E-state index in [-0.39, 0.29) is 5.78 Å². The maximum atomic E-state index is 11.9. The molecule has 0 N–H and O–H groups in total. The van der Waals surface area contributed by atoms with E-state index in [1.807, 2.05) is 24.3 Å². The fourth-order valence-corrected chi connectivity index (χ4v) is 1.88. The highest BCUT2D eigenvalue weighted by Gasteiger charge is 2.10. The number of pyridine rings is 1. The molecule has 0 fully saturated rings. The number of rotatable bonds is 9. The Morgan fingerprint density at radius 3 is 2.78 bits per heavy atom. The lowest BCUT2D eigenvalue weighted by molar-refractivity contribution is 0.0970. The van der Waals surface area contributed by atoms with Crippen LogP contribution in [0.1, 0.15) is 42.6 Å². The summed E-state index contributed by atoms with van der Waals surface area (Å²) in [4.78, 5) is 16.0. The number of hydrogen-bond acceptors (Lipinski definition) is 2. The van der Waals surface area contributed by atoms with Crippen LogP contribution in [-0.2, 0) is 0 Å². The summed E-state index contributed by atoms with van der Waals surface area (Å²) >= 11 is 0. The van der Waals surface area contributed by atoms with Crippen molar-refractivity contribution in [3.8, 4) is 0 Å². The lowest BCUT2D eigenvalue weighted by Gasteiger charge is -2.10. The molecule has 0 saturated carbocycles. The quantitative estimate of drug-likeness (QED) is 0.369. The molecule has 96 valence electrons. The van der Waals surface area contributed by atoms with E-state index >= 15 is 0 Å². The topological polar surface area (TPSA) is 30.0 Å². The molecular formula is C16H21NO. The Bertz CT molecular complexity index is 383. The minimum Gasteiger partial charge on any atom is -0.292 e. The molecule has 0 aliphatic carbocycles. The maximum Gasteiger partial charge on any atom is 0.181 e. The number of nitrogens with zero attached hydrogens (tertiary/aromatic N) is 1. The first-order valence-electron chi connectivity index (χ1n) is 6.45. The van der Waals surface area contributed by atoms with Gasteiger partial charge in [0.25, 0.3) is 0 Å². The number of allylic oxidation sites excluding steroid dienone is 2. The summed E-state index contributed by atoms with van der Waals surface area (Å²) in [5.41, 5.74) is 0.561. The van der Waals surface area contributed by atoms with Gasteiger partial charge < -0.3 is 0 Å². The van der Waals surface area contributed by atoms with Gasteiger partial charge in [0.1, 0.15) is 5.69 Å². The third-order valence-electron chi connectivity index (χ3n) is 3.01. The molecule has 0 saturated heterocycles. The zero-order valence-corrected chi connectivity index (χ0v) is 10.8. The monoisotopic (exact) mass is 243 g/mol. The van der Waals surface area contributed by atoms with Crippen molar-refractivity contribution in [1.82, 2.24) is 4.98 Å². The van der Waals surface area contributed by atoms with Crippen molar-refractivity contribution in [2.24, 2.45) is 5.92 Å². The fourth-order valence-electron chi connectivity index (χ4n) is 1.88. The molecule has 0 aliphatic rings. The molecule has 0 aliphatic heterocycles. The zero-order chi connectivity index (χ0) is 13.2. The minimum absolute atomic E-state index is 0.117. The van der Waals surface area contributed by atoms with Crippen molar-refractivity contribution in [3.05, 3.63) is 55.4 Å². The second-order valence-electron chi connectivity index (χ2n) is 4.39. The molecule has 0 aromatic carbocycles. The number of unbranched alkanes of at least 4 members (excludes halogenated alkanes) is 1. The van der Waals surface area contributed by atoms with Crippen molar-refractivity contribution >= 4 is 5.78 Å². The van der Waals surface area contributed by atoms with Crippen LogP contribution in [0.5, 0.6) is 0 Å². The molecule has 1 rings (SSSR count). The molecule has 1 atom stereocenters. The molecule has 0 amide bonds. The van der Waals surface area contributed by atoms with Crippen LogP contribution >= 0.6 is 0 Å². The average Bonchev–Trinajstić information content (AvgIpc) is 2.43. The van der Waals surface area contributed by atoms with Gasteiger partial charge in [-0.25, -0.2) is 0 Å². The van der Waals surface area contributed by atoms with Gasteiger partial charge in [0.2, 0.25) is 0 Å². The number of carbonyl (C=O) groups excluding carboxylic acids is 1. The molecular weight excluding hydrogens is 222 g/mol. The van der Waals surface area contributed by atoms with Gasteiger partial charge >= 0.3 is 0 Å². The van der Waals surface area contributed by atoms with Gasteiger partial charge in [-0.15, -0.1) is 13.2 Å². The molecule has 2 nitrogen and oxygen atoms in total. The van der Waals surface area contributed by atoms with E-state index in [4.69, 9.17) is 0 Å². The summed E-state index contributed by atoms with van der Waals surface area (Å²) in [6.07, 6.45) is 10.1. The van der Waals surface area contributed by atoms with E-state index < -0.39 is 0 Å². The van der Waals surface area contributed by atoms with Gasteiger partial charge in [-0.3, -0.25) is 9.78 Å². The average molecular weight is 243 g/mol. The van der Waals surface area contributed by atoms with Crippen LogP contribution in [0.25, 0.3) is 0 Å². The van der Waals surface area contributed by atoms with E-state index in [9.17, 15) is 4.79 Å². The smallest absolute Gasteiger partial charge is 0.181 e. The summed E-state index contributed by atoms with van der Waals surface area (Å²) in [6.45, 7) is 7.55. The maximum absolute atomic E-state index is 11.9. The standard InChI is InChI=1S/C16H21NO/c1-3-5-6-9-14(4-2)11-12-16(18)15-10-7-8-13-17-15/h3-4,7-8,10,13-14H,1-2,5-6,9,11-12H2. The Hall–Kier alpha value is -1.70. The molecule has 0 spiro atoms. The Kier molecular flexibility index (Phi) is 6.70. The van der Waals surface area contributed by atoms with Crippen LogP contribution < -0.4 is 0 Å². The first-order chi connectivity index (χ1) is 8.77. The normalized spacial score (nSPS) is 11.8. The summed E-state index contributed by atoms with van der Waals surface area (Å²) < 4.78 is 0. The minimum atomic E-state index is 0.117. The van der Waals surface area contributed by atoms with Crippen molar-refractivity contribution in [3.63, 3.8) is 0 Å². The molecule has 1 heterocycles. The number of hydrogen-bond donors (Lipinski definition) is 0. The first kappa shape index (κ1) is 14.4. The van der Waals surface area contributed by atoms with Gasteiger partial charge in [-0.05, 0) is 43.7 Å². The molecule has 18 heavy (non-hydrogen) atoms. The van der Waals surface area contributed by atoms with Crippen LogP contribution in [0, 0.1) is 5.92 Å². The van der Waals surface area contributed by atoms with Crippen LogP contribution in [0.4, 0.5) is 0 Å². The first-order valence-corrected chi connectivity index (χ1v) is 6.45. The van der Waals surface area contributed by atoms with Crippen molar-refractivity contribution in [2.75, 3.05) is 0 Å². The van der Waals surface area contributed by atoms with E-state index in [2.05, 4.69) is 18.1 Å². The zero-order valence-electron chi connectivity index (χ0n) is 10.8. The van der Waals surface area contributed by atoms with Crippen molar-refractivity contribution < 1.29 is 4.79 Å². The highest BCUT2D eigenvalue weighted by atomic mass is 16.1. The Balaban J connectivity index is 2.36. The van der Waals surface area contributed by atoms with Crippen LogP contribution in [0.15, 0.2) is 49.7 Å². The molecule has 1 aromatic heterocycles. The van der Waals surface area contributed by atoms with E-state index in [0.29, 0.717) is 18.0 Å². The molecule has 0 radical (unpaired) electrons. The lowest BCUT2D eigenvalue weighted by atomic mass is 9.95. The van der Waals surface area contributed by atoms with Gasteiger partial charge in [-0.2, -0.15) is 0 Å². The second kappa shape index (κ2) is 8.40. The van der Waals surface area contributed by atoms with Crippen LogP contribution in [0.3, 0.4) is 0 Å². The van der Waals surface area contributed by atoms with Crippen LogP contribution in [-0.4, -0.2) is 10.8 Å². The van der Waals surface area contributed by atoms with Gasteiger partial charge in [0.05, 0.1) is 0 Å². The number of Topliss-reactive ketones (excluding diaryl/α,β-unsaturated/α-hetero) is 1. The summed E-state index contributed by atoms with van der Waals surface area (Å²) in [7, 11) is 0. The predicted octanol–water partition coefficient (Wildman–Crippen LogP) is 4.20. The number of carbonyl (C=O) groups is 1. The molecule has 2 heteroatoms. The second-order valence-corrected chi connectivity index (χ2v) is 4.39. The fraction of sp³-hybridized carbons (Fsp3) is 0.375. The predicted molar refractivity (Wildman–Crippen MR) is 75.5 cm³/mol. The Labute approximate surface area is 109 Å². The highest BCUT2D eigenvalue weighted by molar-refractivity contribution is 5.94. The molecule has 1 aromatic rings. The summed E-state index contributed by atoms with van der Waals surface area (Å²) in [5, 5.41) is 0. The van der Waals surface area contributed by atoms with E-state index in [0.717, 1.165) is 25.7 Å². The molecule has 0 bridgehead atoms. The third-order valence-corrected chi connectivity index (χ3v) is 3.01. The number of aromatic nitrogens is 1. The van der Waals surface area contributed by atoms with Gasteiger partial charge in [0, 0.05) is 12.6 Å². The third kappa shape index (κ3) is 5.09. The Morgan fingerprint density at radius 1 is 1.33 bits per heavy atom. The van der Waals surface area contributed by atoms with E-state index in [1.165, 1.54) is 0 Å². The van der Waals surface area contributed by atoms with Gasteiger partial charge in [-0.1, -0.05) is 18.2 Å². The Morgan fingerprint density at radius 2 is 2.17 bits per heavy atom. The highest BCUT2D eigenvalue weighted by Crippen LogP contribution is 2.17. The summed E-state index contributed by atoms with van der Waals surface area (Å²) in [5.74, 6) is 0.531. The largest absolute Gasteiger partial charge is 0.292 e. The number of ketones is 1. The van der Waals surface area contributed by atoms with Crippen LogP contribution in [0.2, 0.25) is 0 Å². The lowest BCUT2D eigenvalue weighted by Crippen LogP contribution is -2.05. The van der Waals surface area contributed by atoms with E-state index in [1.54, 1.807) is 12.3 Å².